The SMILES string of the molecule is CCCCCCC(C)NC(=O)c1csc(Nc2ccccc2C)n1. The molecule has 4 nitrogen and oxygen atoms in total. The summed E-state index contributed by atoms with van der Waals surface area (Å²) in [5, 5.41) is 8.86. The van der Waals surface area contributed by atoms with E-state index in [2.05, 4.69) is 29.5 Å². The molecule has 2 N–H and O–H groups in total. The van der Waals surface area contributed by atoms with E-state index in [4.69, 9.17) is 0 Å². The smallest absolute Gasteiger partial charge is 0.271 e. The van der Waals surface area contributed by atoms with Gasteiger partial charge in [0.25, 0.3) is 5.91 Å². The van der Waals surface area contributed by atoms with Crippen LogP contribution in [0.15, 0.2) is 29.6 Å². The third-order valence-corrected chi connectivity index (χ3v) is 4.75. The maximum atomic E-state index is 12.3. The molecule has 5 heteroatoms. The minimum absolute atomic E-state index is 0.0907. The zero-order valence-electron chi connectivity index (χ0n) is 14.8. The summed E-state index contributed by atoms with van der Waals surface area (Å²) in [6, 6.07) is 8.22. The van der Waals surface area contributed by atoms with Crippen LogP contribution in [0.3, 0.4) is 0 Å². The van der Waals surface area contributed by atoms with E-state index in [9.17, 15) is 4.79 Å². The maximum absolute atomic E-state index is 12.3. The second-order valence-corrected chi connectivity index (χ2v) is 7.06. The molecule has 24 heavy (non-hydrogen) atoms. The van der Waals surface area contributed by atoms with Crippen molar-refractivity contribution in [2.75, 3.05) is 5.32 Å². The molecule has 0 aliphatic carbocycles. The maximum Gasteiger partial charge on any atom is 0.271 e. The van der Waals surface area contributed by atoms with Crippen molar-refractivity contribution in [3.8, 4) is 0 Å². The predicted molar refractivity (Wildman–Crippen MR) is 102 cm³/mol. The number of nitrogens with zero attached hydrogens (tertiary/aromatic N) is 1. The van der Waals surface area contributed by atoms with Crippen LogP contribution in [0.1, 0.15) is 62.0 Å². The number of carbonyl (C=O) groups is 1. The van der Waals surface area contributed by atoms with E-state index >= 15 is 0 Å². The highest BCUT2D eigenvalue weighted by Crippen LogP contribution is 2.23. The van der Waals surface area contributed by atoms with Gasteiger partial charge in [0, 0.05) is 17.1 Å². The van der Waals surface area contributed by atoms with Gasteiger partial charge in [-0.1, -0.05) is 50.8 Å². The third-order valence-electron chi connectivity index (χ3n) is 3.99. The zero-order chi connectivity index (χ0) is 17.4. The molecule has 1 aromatic carbocycles. The molecule has 1 amide bonds. The molecule has 0 saturated heterocycles. The fourth-order valence-electron chi connectivity index (χ4n) is 2.51. The standard InChI is InChI=1S/C19H27N3OS/c1-4-5-6-7-11-15(3)20-18(23)17-13-24-19(22-17)21-16-12-9-8-10-14(16)2/h8-10,12-13,15H,4-7,11H2,1-3H3,(H,20,23)(H,21,22). The lowest BCUT2D eigenvalue weighted by molar-refractivity contribution is 0.0933. The highest BCUT2D eigenvalue weighted by Gasteiger charge is 2.13. The average molecular weight is 346 g/mol. The fraction of sp³-hybridized carbons (Fsp3) is 0.474. The lowest BCUT2D eigenvalue weighted by Gasteiger charge is -2.12. The molecule has 1 heterocycles. The van der Waals surface area contributed by atoms with Gasteiger partial charge in [-0.05, 0) is 31.9 Å². The molecule has 0 spiro atoms. The summed E-state index contributed by atoms with van der Waals surface area (Å²) in [4.78, 5) is 16.7. The first-order valence-electron chi connectivity index (χ1n) is 8.69. The van der Waals surface area contributed by atoms with Crippen molar-refractivity contribution in [3.05, 3.63) is 40.9 Å². The van der Waals surface area contributed by atoms with E-state index in [1.807, 2.05) is 31.2 Å². The van der Waals surface area contributed by atoms with Gasteiger partial charge in [0.15, 0.2) is 5.13 Å². The van der Waals surface area contributed by atoms with Gasteiger partial charge < -0.3 is 10.6 Å². The van der Waals surface area contributed by atoms with E-state index < -0.39 is 0 Å². The van der Waals surface area contributed by atoms with Crippen molar-refractivity contribution in [3.63, 3.8) is 0 Å². The topological polar surface area (TPSA) is 54.0 Å². The van der Waals surface area contributed by atoms with Crippen LogP contribution in [0.2, 0.25) is 0 Å². The monoisotopic (exact) mass is 345 g/mol. The molecule has 0 aliphatic rings. The number of para-hydroxylation sites is 1. The number of rotatable bonds is 9. The predicted octanol–water partition coefficient (Wildman–Crippen LogP) is 5.28. The normalized spacial score (nSPS) is 12.0. The van der Waals surface area contributed by atoms with Crippen LogP contribution in [0.25, 0.3) is 0 Å². The van der Waals surface area contributed by atoms with Gasteiger partial charge in [-0.15, -0.1) is 11.3 Å². The number of hydrogen-bond acceptors (Lipinski definition) is 4. The molecule has 0 radical (unpaired) electrons. The summed E-state index contributed by atoms with van der Waals surface area (Å²) in [5.74, 6) is -0.0907. The fourth-order valence-corrected chi connectivity index (χ4v) is 3.21. The number of anilines is 2. The lowest BCUT2D eigenvalue weighted by atomic mass is 10.1. The Balaban J connectivity index is 1.85. The van der Waals surface area contributed by atoms with Crippen molar-refractivity contribution >= 4 is 28.1 Å². The summed E-state index contributed by atoms with van der Waals surface area (Å²) in [7, 11) is 0. The summed E-state index contributed by atoms with van der Waals surface area (Å²) in [6.45, 7) is 6.31. The summed E-state index contributed by atoms with van der Waals surface area (Å²) < 4.78 is 0. The number of benzene rings is 1. The van der Waals surface area contributed by atoms with Crippen molar-refractivity contribution < 1.29 is 4.79 Å². The highest BCUT2D eigenvalue weighted by molar-refractivity contribution is 7.14. The number of carbonyl (C=O) groups excluding carboxylic acids is 1. The summed E-state index contributed by atoms with van der Waals surface area (Å²) >= 11 is 1.45. The third kappa shape index (κ3) is 5.64. The Bertz CT molecular complexity index is 654. The Morgan fingerprint density at radius 3 is 2.79 bits per heavy atom. The van der Waals surface area contributed by atoms with Crippen molar-refractivity contribution in [2.45, 2.75) is 58.9 Å². The van der Waals surface area contributed by atoms with Gasteiger partial charge in [-0.2, -0.15) is 0 Å². The molecule has 0 saturated carbocycles. The zero-order valence-corrected chi connectivity index (χ0v) is 15.6. The number of thiazole rings is 1. The first-order valence-corrected chi connectivity index (χ1v) is 9.57. The second kappa shape index (κ2) is 9.42. The van der Waals surface area contributed by atoms with E-state index in [1.54, 1.807) is 5.38 Å². The van der Waals surface area contributed by atoms with Crippen LogP contribution in [0, 0.1) is 6.92 Å². The van der Waals surface area contributed by atoms with Crippen LogP contribution >= 0.6 is 11.3 Å². The number of amides is 1. The minimum atomic E-state index is -0.0907. The minimum Gasteiger partial charge on any atom is -0.348 e. The number of aromatic nitrogens is 1. The molecular formula is C19H27N3OS. The largest absolute Gasteiger partial charge is 0.348 e. The van der Waals surface area contributed by atoms with Crippen LogP contribution in [-0.2, 0) is 0 Å². The first kappa shape index (κ1) is 18.5. The van der Waals surface area contributed by atoms with E-state index in [1.165, 1.54) is 30.6 Å². The molecule has 0 bridgehead atoms. The second-order valence-electron chi connectivity index (χ2n) is 6.20. The Morgan fingerprint density at radius 1 is 1.25 bits per heavy atom. The van der Waals surface area contributed by atoms with Crippen molar-refractivity contribution in [1.82, 2.24) is 10.3 Å². The van der Waals surface area contributed by atoms with Gasteiger partial charge in [0.1, 0.15) is 5.69 Å². The molecule has 1 unspecified atom stereocenters. The first-order chi connectivity index (χ1) is 11.6. The molecule has 0 fully saturated rings. The van der Waals surface area contributed by atoms with Gasteiger partial charge in [0.05, 0.1) is 0 Å². The van der Waals surface area contributed by atoms with Gasteiger partial charge in [0.2, 0.25) is 0 Å². The van der Waals surface area contributed by atoms with Crippen molar-refractivity contribution in [2.24, 2.45) is 0 Å². The van der Waals surface area contributed by atoms with E-state index in [0.29, 0.717) is 5.69 Å². The Hall–Kier alpha value is -1.88. The Labute approximate surface area is 148 Å². The molecule has 130 valence electrons. The summed E-state index contributed by atoms with van der Waals surface area (Å²) in [5.41, 5.74) is 2.65. The molecule has 0 aliphatic heterocycles. The Morgan fingerprint density at radius 2 is 2.04 bits per heavy atom. The molecule has 2 aromatic rings. The van der Waals surface area contributed by atoms with Crippen molar-refractivity contribution in [1.29, 1.82) is 0 Å². The van der Waals surface area contributed by atoms with Crippen LogP contribution in [-0.4, -0.2) is 16.9 Å². The van der Waals surface area contributed by atoms with Gasteiger partial charge in [-0.25, -0.2) is 4.98 Å². The highest BCUT2D eigenvalue weighted by atomic mass is 32.1. The van der Waals surface area contributed by atoms with Crippen LogP contribution in [0.5, 0.6) is 0 Å². The van der Waals surface area contributed by atoms with Gasteiger partial charge in [-0.3, -0.25) is 4.79 Å². The molecule has 1 atom stereocenters. The number of hydrogen-bond donors (Lipinski definition) is 2. The van der Waals surface area contributed by atoms with E-state index in [0.717, 1.165) is 29.2 Å². The van der Waals surface area contributed by atoms with Gasteiger partial charge >= 0.3 is 0 Å². The Kier molecular flexibility index (Phi) is 7.25. The molecule has 2 rings (SSSR count). The molecule has 1 aromatic heterocycles. The number of unbranched alkanes of at least 4 members (excludes halogenated alkanes) is 3. The molecular weight excluding hydrogens is 318 g/mol. The average Bonchev–Trinajstić information content (AvgIpc) is 3.02. The van der Waals surface area contributed by atoms with E-state index in [-0.39, 0.29) is 11.9 Å². The number of nitrogens with one attached hydrogen (secondary N) is 2. The lowest BCUT2D eigenvalue weighted by Crippen LogP contribution is -2.32. The van der Waals surface area contributed by atoms with Crippen LogP contribution in [0.4, 0.5) is 10.8 Å². The number of aryl methyl sites for hydroxylation is 1. The van der Waals surface area contributed by atoms with Crippen LogP contribution < -0.4 is 10.6 Å². The quantitative estimate of drug-likeness (QED) is 0.608. The summed E-state index contributed by atoms with van der Waals surface area (Å²) in [6.07, 6.45) is 5.91.